The Morgan fingerprint density at radius 2 is 1.79 bits per heavy atom. The quantitative estimate of drug-likeness (QED) is 0.314. The van der Waals surface area contributed by atoms with Crippen LogP contribution in [0, 0.1) is 0 Å². The average Bonchev–Trinajstić information content (AvgIpc) is 3.04. The summed E-state index contributed by atoms with van der Waals surface area (Å²) in [6, 6.07) is 8.47. The third kappa shape index (κ3) is 5.13. The van der Waals surface area contributed by atoms with Gasteiger partial charge in [0.05, 0.1) is 35.4 Å². The van der Waals surface area contributed by atoms with E-state index in [0.717, 1.165) is 0 Å². The van der Waals surface area contributed by atoms with Gasteiger partial charge in [0.15, 0.2) is 0 Å². The first kappa shape index (κ1) is 25.4. The van der Waals surface area contributed by atoms with E-state index in [-0.39, 0.29) is 34.2 Å². The minimum Gasteiger partial charge on any atom is -0.507 e. The summed E-state index contributed by atoms with van der Waals surface area (Å²) in [5.41, 5.74) is 0.688. The fourth-order valence-corrected chi connectivity index (χ4v) is 4.02. The number of amides is 1. The summed E-state index contributed by atoms with van der Waals surface area (Å²) in [5.74, 6) is -1.13. The molecule has 2 N–H and O–H groups in total. The average molecular weight is 489 g/mol. The van der Waals surface area contributed by atoms with Crippen LogP contribution >= 0.6 is 11.6 Å². The predicted molar refractivity (Wildman–Crippen MR) is 129 cm³/mol. The number of phenolic OH excluding ortho intramolecular Hbond substituents is 1. The second-order valence-electron chi connectivity index (χ2n) is 8.03. The van der Waals surface area contributed by atoms with Crippen LogP contribution in [0.1, 0.15) is 31.0 Å². The summed E-state index contributed by atoms with van der Waals surface area (Å²) in [6.45, 7) is 5.18. The minimum atomic E-state index is -0.890. The summed E-state index contributed by atoms with van der Waals surface area (Å²) in [7, 11) is 3.72. The molecule has 0 spiro atoms. The standard InChI is InChI=1S/C25H29ClN2O6/c1-5-33-16-8-9-17(20(14-16)34-6-2)23(30)21-22(15-7-10-19(29)18(26)13-15)28(12-11-27(3)4)25(32)24(21)31/h7-10,13-14,22,29-30H,5-6,11-12H2,1-4H3/b23-21-. The van der Waals surface area contributed by atoms with Gasteiger partial charge in [-0.15, -0.1) is 0 Å². The van der Waals surface area contributed by atoms with E-state index in [0.29, 0.717) is 36.8 Å². The Kier molecular flexibility index (Phi) is 8.06. The molecule has 0 aliphatic carbocycles. The maximum absolute atomic E-state index is 13.2. The van der Waals surface area contributed by atoms with Gasteiger partial charge in [0, 0.05) is 19.2 Å². The highest BCUT2D eigenvalue weighted by atomic mass is 35.5. The molecule has 8 nitrogen and oxygen atoms in total. The van der Waals surface area contributed by atoms with Gasteiger partial charge in [0.2, 0.25) is 0 Å². The molecule has 1 unspecified atom stereocenters. The van der Waals surface area contributed by atoms with Crippen molar-refractivity contribution in [3.8, 4) is 17.2 Å². The van der Waals surface area contributed by atoms with Gasteiger partial charge in [0.25, 0.3) is 11.7 Å². The molecule has 1 aliphatic rings. The number of aliphatic hydroxyl groups excluding tert-OH is 1. The van der Waals surface area contributed by atoms with Crippen molar-refractivity contribution >= 4 is 29.1 Å². The van der Waals surface area contributed by atoms with E-state index in [2.05, 4.69) is 0 Å². The molecule has 2 aromatic rings. The van der Waals surface area contributed by atoms with Crippen LogP contribution in [0.25, 0.3) is 5.76 Å². The van der Waals surface area contributed by atoms with E-state index in [1.54, 1.807) is 31.2 Å². The third-order valence-corrected chi connectivity index (χ3v) is 5.74. The molecule has 182 valence electrons. The molecule has 3 rings (SSSR count). The first-order valence-electron chi connectivity index (χ1n) is 11.0. The number of likely N-dealkylation sites (tertiary alicyclic amines) is 1. The molecule has 2 aromatic carbocycles. The topological polar surface area (TPSA) is 99.5 Å². The number of ketones is 1. The Morgan fingerprint density at radius 3 is 2.41 bits per heavy atom. The molecule has 0 radical (unpaired) electrons. The number of carbonyl (C=O) groups excluding carboxylic acids is 2. The number of halogens is 1. The predicted octanol–water partition coefficient (Wildman–Crippen LogP) is 3.83. The van der Waals surface area contributed by atoms with Crippen molar-refractivity contribution in [3.63, 3.8) is 0 Å². The lowest BCUT2D eigenvalue weighted by molar-refractivity contribution is -0.140. The zero-order valence-corrected chi connectivity index (χ0v) is 20.4. The molecule has 1 heterocycles. The number of Topliss-reactive ketones (excluding diaryl/α,β-unsaturated/α-hetero) is 1. The third-order valence-electron chi connectivity index (χ3n) is 5.43. The van der Waals surface area contributed by atoms with Crippen LogP contribution in [0.15, 0.2) is 42.0 Å². The maximum atomic E-state index is 13.2. The first-order chi connectivity index (χ1) is 16.2. The smallest absolute Gasteiger partial charge is 0.295 e. The first-order valence-corrected chi connectivity index (χ1v) is 11.4. The van der Waals surface area contributed by atoms with Crippen molar-refractivity contribution in [3.05, 3.63) is 58.1 Å². The molecule has 1 amide bonds. The van der Waals surface area contributed by atoms with E-state index < -0.39 is 17.7 Å². The number of aromatic hydroxyl groups is 1. The van der Waals surface area contributed by atoms with Crippen molar-refractivity contribution in [2.24, 2.45) is 0 Å². The number of phenols is 1. The fraction of sp³-hybridized carbons (Fsp3) is 0.360. The number of ether oxygens (including phenoxy) is 2. The number of carbonyl (C=O) groups is 2. The molecule has 0 aromatic heterocycles. The zero-order valence-electron chi connectivity index (χ0n) is 19.7. The Labute approximate surface area is 203 Å². The minimum absolute atomic E-state index is 0.0735. The number of rotatable bonds is 9. The Morgan fingerprint density at radius 1 is 1.09 bits per heavy atom. The van der Waals surface area contributed by atoms with E-state index in [1.165, 1.54) is 17.0 Å². The summed E-state index contributed by atoms with van der Waals surface area (Å²) >= 11 is 6.14. The number of hydrogen-bond donors (Lipinski definition) is 2. The van der Waals surface area contributed by atoms with Gasteiger partial charge in [-0.1, -0.05) is 17.7 Å². The molecule has 34 heavy (non-hydrogen) atoms. The molecule has 0 bridgehead atoms. The highest BCUT2D eigenvalue weighted by molar-refractivity contribution is 6.46. The second-order valence-corrected chi connectivity index (χ2v) is 8.44. The molecular weight excluding hydrogens is 460 g/mol. The van der Waals surface area contributed by atoms with Crippen molar-refractivity contribution in [1.29, 1.82) is 0 Å². The molecular formula is C25H29ClN2O6. The van der Waals surface area contributed by atoms with Crippen LogP contribution in [0.4, 0.5) is 0 Å². The van der Waals surface area contributed by atoms with Gasteiger partial charge in [-0.05, 0) is 57.8 Å². The molecule has 9 heteroatoms. The van der Waals surface area contributed by atoms with E-state index >= 15 is 0 Å². The summed E-state index contributed by atoms with van der Waals surface area (Å²) < 4.78 is 11.2. The number of benzene rings is 2. The molecule has 1 saturated heterocycles. The fourth-order valence-electron chi connectivity index (χ4n) is 3.83. The van der Waals surface area contributed by atoms with Crippen LogP contribution in [0.2, 0.25) is 5.02 Å². The monoisotopic (exact) mass is 488 g/mol. The van der Waals surface area contributed by atoms with Gasteiger partial charge in [-0.25, -0.2) is 0 Å². The van der Waals surface area contributed by atoms with Crippen LogP contribution in [0.5, 0.6) is 17.2 Å². The van der Waals surface area contributed by atoms with E-state index in [4.69, 9.17) is 21.1 Å². The summed E-state index contributed by atoms with van der Waals surface area (Å²) in [6.07, 6.45) is 0. The Balaban J connectivity index is 2.20. The number of aliphatic hydroxyl groups is 1. The lowest BCUT2D eigenvalue weighted by atomic mass is 9.95. The highest BCUT2D eigenvalue weighted by Crippen LogP contribution is 2.42. The van der Waals surface area contributed by atoms with Crippen molar-refractivity contribution < 1.29 is 29.3 Å². The number of likely N-dealkylation sites (N-methyl/N-ethyl adjacent to an activating group) is 1. The van der Waals surface area contributed by atoms with Crippen LogP contribution in [-0.4, -0.2) is 72.1 Å². The van der Waals surface area contributed by atoms with E-state index in [9.17, 15) is 19.8 Å². The van der Waals surface area contributed by atoms with E-state index in [1.807, 2.05) is 25.9 Å². The maximum Gasteiger partial charge on any atom is 0.295 e. The van der Waals surface area contributed by atoms with Gasteiger partial charge in [-0.2, -0.15) is 0 Å². The molecule has 1 aliphatic heterocycles. The van der Waals surface area contributed by atoms with Crippen LogP contribution < -0.4 is 9.47 Å². The highest BCUT2D eigenvalue weighted by Gasteiger charge is 2.46. The Hall–Kier alpha value is -3.23. The van der Waals surface area contributed by atoms with Gasteiger partial charge in [0.1, 0.15) is 23.0 Å². The summed E-state index contributed by atoms with van der Waals surface area (Å²) in [4.78, 5) is 29.5. The second kappa shape index (κ2) is 10.8. The SMILES string of the molecule is CCOc1ccc(/C(O)=C2/C(=O)C(=O)N(CCN(C)C)C2c2ccc(O)c(Cl)c2)c(OCC)c1. The van der Waals surface area contributed by atoms with Gasteiger partial charge < -0.3 is 29.5 Å². The van der Waals surface area contributed by atoms with Gasteiger partial charge >= 0.3 is 0 Å². The molecule has 1 fully saturated rings. The molecule has 1 atom stereocenters. The largest absolute Gasteiger partial charge is 0.507 e. The normalized spacial score (nSPS) is 17.5. The van der Waals surface area contributed by atoms with Crippen molar-refractivity contribution in [2.45, 2.75) is 19.9 Å². The number of nitrogens with zero attached hydrogens (tertiary/aromatic N) is 2. The van der Waals surface area contributed by atoms with Gasteiger partial charge in [-0.3, -0.25) is 9.59 Å². The van der Waals surface area contributed by atoms with Crippen molar-refractivity contribution in [2.75, 3.05) is 40.4 Å². The number of hydrogen-bond acceptors (Lipinski definition) is 7. The molecule has 0 saturated carbocycles. The zero-order chi connectivity index (χ0) is 25.0. The van der Waals surface area contributed by atoms with Crippen molar-refractivity contribution in [1.82, 2.24) is 9.80 Å². The van der Waals surface area contributed by atoms with Crippen LogP contribution in [-0.2, 0) is 9.59 Å². The van der Waals surface area contributed by atoms with Crippen LogP contribution in [0.3, 0.4) is 0 Å². The Bertz CT molecular complexity index is 1110. The lowest BCUT2D eigenvalue weighted by Gasteiger charge is -2.27. The summed E-state index contributed by atoms with van der Waals surface area (Å²) in [5, 5.41) is 21.3. The lowest BCUT2D eigenvalue weighted by Crippen LogP contribution is -2.35.